The van der Waals surface area contributed by atoms with Gasteiger partial charge in [-0.05, 0) is 41.0 Å². The number of benzene rings is 3. The number of furan rings is 1. The van der Waals surface area contributed by atoms with Crippen LogP contribution >= 0.6 is 0 Å². The van der Waals surface area contributed by atoms with Crippen LogP contribution < -0.4 is 11.1 Å². The molecule has 7 heteroatoms. The molecule has 7 nitrogen and oxygen atoms in total. The molecule has 0 unspecified atom stereocenters. The SMILES string of the molecule is NC1=NC(c2ccccc2)(c2ccccc2)C(=O)N1Cc1ccc(NC(=O)c2ccco2)cc1. The molecule has 0 atom stereocenters. The van der Waals surface area contributed by atoms with Crippen molar-refractivity contribution in [1.82, 2.24) is 4.90 Å². The smallest absolute Gasteiger partial charge is 0.291 e. The Hall–Kier alpha value is -4.65. The molecule has 2 heterocycles. The minimum absolute atomic E-state index is 0.160. The molecule has 0 spiro atoms. The third kappa shape index (κ3) is 3.73. The zero-order chi connectivity index (χ0) is 23.5. The third-order valence-corrected chi connectivity index (χ3v) is 5.79. The van der Waals surface area contributed by atoms with Crippen molar-refractivity contribution in [3.63, 3.8) is 0 Å². The quantitative estimate of drug-likeness (QED) is 0.461. The molecular formula is C27H22N4O3. The van der Waals surface area contributed by atoms with Crippen molar-refractivity contribution < 1.29 is 14.0 Å². The number of amides is 2. The van der Waals surface area contributed by atoms with Gasteiger partial charge in [0.15, 0.2) is 17.3 Å². The van der Waals surface area contributed by atoms with E-state index in [1.54, 1.807) is 24.3 Å². The summed E-state index contributed by atoms with van der Waals surface area (Å²) < 4.78 is 5.11. The number of guanidine groups is 1. The fourth-order valence-electron chi connectivity index (χ4n) is 4.11. The van der Waals surface area contributed by atoms with Crippen LogP contribution in [-0.4, -0.2) is 22.7 Å². The number of anilines is 1. The van der Waals surface area contributed by atoms with Crippen LogP contribution in [-0.2, 0) is 16.9 Å². The fourth-order valence-corrected chi connectivity index (χ4v) is 4.11. The summed E-state index contributed by atoms with van der Waals surface area (Å²) in [5.74, 6) is -0.154. The van der Waals surface area contributed by atoms with Gasteiger partial charge >= 0.3 is 0 Å². The molecule has 0 bridgehead atoms. The van der Waals surface area contributed by atoms with Crippen LogP contribution in [0.3, 0.4) is 0 Å². The predicted octanol–water partition coefficient (Wildman–Crippen LogP) is 4.13. The van der Waals surface area contributed by atoms with Crippen molar-refractivity contribution in [2.75, 3.05) is 5.32 Å². The number of aliphatic imine (C=N–C) groups is 1. The van der Waals surface area contributed by atoms with Crippen molar-refractivity contribution in [2.45, 2.75) is 12.1 Å². The fraction of sp³-hybridized carbons (Fsp3) is 0.0741. The lowest BCUT2D eigenvalue weighted by atomic mass is 9.83. The zero-order valence-electron chi connectivity index (χ0n) is 18.2. The van der Waals surface area contributed by atoms with Gasteiger partial charge in [0.25, 0.3) is 11.8 Å². The number of nitrogens with two attached hydrogens (primary N) is 1. The number of rotatable bonds is 6. The Balaban J connectivity index is 1.40. The molecule has 3 aromatic carbocycles. The van der Waals surface area contributed by atoms with E-state index in [1.165, 1.54) is 11.2 Å². The Morgan fingerprint density at radius 3 is 2.06 bits per heavy atom. The van der Waals surface area contributed by atoms with Gasteiger partial charge in [0.2, 0.25) is 0 Å². The lowest BCUT2D eigenvalue weighted by Crippen LogP contribution is -2.43. The largest absolute Gasteiger partial charge is 0.459 e. The highest BCUT2D eigenvalue weighted by Crippen LogP contribution is 2.39. The molecule has 0 fully saturated rings. The van der Waals surface area contributed by atoms with Crippen LogP contribution in [0, 0.1) is 0 Å². The Bertz CT molecular complexity index is 1290. The van der Waals surface area contributed by atoms with Crippen molar-refractivity contribution in [1.29, 1.82) is 0 Å². The highest BCUT2D eigenvalue weighted by molar-refractivity contribution is 6.09. The first kappa shape index (κ1) is 21.2. The van der Waals surface area contributed by atoms with Crippen LogP contribution in [0.15, 0.2) is 113 Å². The number of carbonyl (C=O) groups excluding carboxylic acids is 2. The second kappa shape index (κ2) is 8.71. The van der Waals surface area contributed by atoms with E-state index in [9.17, 15) is 9.59 Å². The molecule has 0 aliphatic carbocycles. The lowest BCUT2D eigenvalue weighted by Gasteiger charge is -2.27. The van der Waals surface area contributed by atoms with E-state index in [-0.39, 0.29) is 30.1 Å². The Morgan fingerprint density at radius 2 is 1.50 bits per heavy atom. The van der Waals surface area contributed by atoms with Crippen molar-refractivity contribution in [3.8, 4) is 0 Å². The van der Waals surface area contributed by atoms with Gasteiger partial charge < -0.3 is 15.5 Å². The molecule has 2 amide bonds. The number of nitrogens with zero attached hydrogens (tertiary/aromatic N) is 2. The normalized spacial score (nSPS) is 14.6. The van der Waals surface area contributed by atoms with E-state index in [0.29, 0.717) is 5.69 Å². The monoisotopic (exact) mass is 450 g/mol. The minimum Gasteiger partial charge on any atom is -0.459 e. The maximum atomic E-state index is 13.9. The maximum Gasteiger partial charge on any atom is 0.291 e. The highest BCUT2D eigenvalue weighted by Gasteiger charge is 2.50. The third-order valence-electron chi connectivity index (χ3n) is 5.79. The average Bonchev–Trinajstić information content (AvgIpc) is 3.50. The standard InChI is InChI=1S/C27H22N4O3/c28-26-30-27(20-8-3-1-4-9-20,21-10-5-2-6-11-21)25(33)31(26)18-19-13-15-22(16-14-19)29-24(32)23-12-7-17-34-23/h1-17H,18H2,(H2,28,30)(H,29,32). The number of carbonyl (C=O) groups is 2. The summed E-state index contributed by atoms with van der Waals surface area (Å²) in [6, 6.07) is 29.4. The van der Waals surface area contributed by atoms with Gasteiger partial charge in [-0.2, -0.15) is 0 Å². The summed E-state index contributed by atoms with van der Waals surface area (Å²) in [7, 11) is 0. The maximum absolute atomic E-state index is 13.9. The van der Waals surface area contributed by atoms with Gasteiger partial charge in [0.1, 0.15) is 0 Å². The number of hydrogen-bond acceptors (Lipinski definition) is 5. The predicted molar refractivity (Wildman–Crippen MR) is 129 cm³/mol. The van der Waals surface area contributed by atoms with Crippen molar-refractivity contribution in [2.24, 2.45) is 10.7 Å². The topological polar surface area (TPSA) is 101 Å². The second-order valence-corrected chi connectivity index (χ2v) is 7.93. The molecule has 1 aliphatic heterocycles. The molecule has 1 aliphatic rings. The van der Waals surface area contributed by atoms with Gasteiger partial charge in [0.05, 0.1) is 12.8 Å². The van der Waals surface area contributed by atoms with Crippen LogP contribution in [0.4, 0.5) is 5.69 Å². The van der Waals surface area contributed by atoms with Gasteiger partial charge in [-0.3, -0.25) is 14.5 Å². The lowest BCUT2D eigenvalue weighted by molar-refractivity contribution is -0.130. The molecule has 0 saturated carbocycles. The first-order valence-corrected chi connectivity index (χ1v) is 10.8. The van der Waals surface area contributed by atoms with Crippen LogP contribution in [0.25, 0.3) is 0 Å². The Kier molecular flexibility index (Phi) is 5.43. The molecule has 34 heavy (non-hydrogen) atoms. The molecule has 168 valence electrons. The van der Waals surface area contributed by atoms with Crippen molar-refractivity contribution >= 4 is 23.5 Å². The van der Waals surface area contributed by atoms with E-state index >= 15 is 0 Å². The second-order valence-electron chi connectivity index (χ2n) is 7.93. The molecule has 5 rings (SSSR count). The molecule has 0 saturated heterocycles. The summed E-state index contributed by atoms with van der Waals surface area (Å²) in [4.78, 5) is 32.2. The van der Waals surface area contributed by atoms with Crippen LogP contribution in [0.2, 0.25) is 0 Å². The highest BCUT2D eigenvalue weighted by atomic mass is 16.3. The van der Waals surface area contributed by atoms with Crippen molar-refractivity contribution in [3.05, 3.63) is 126 Å². The van der Waals surface area contributed by atoms with E-state index in [4.69, 9.17) is 15.1 Å². The molecular weight excluding hydrogens is 428 g/mol. The molecule has 0 radical (unpaired) electrons. The number of nitrogens with one attached hydrogen (secondary N) is 1. The summed E-state index contributed by atoms with van der Waals surface area (Å²) >= 11 is 0. The van der Waals surface area contributed by atoms with E-state index in [0.717, 1.165) is 16.7 Å². The van der Waals surface area contributed by atoms with Gasteiger partial charge in [-0.15, -0.1) is 0 Å². The summed E-state index contributed by atoms with van der Waals surface area (Å²) in [6.45, 7) is 0.252. The zero-order valence-corrected chi connectivity index (χ0v) is 18.2. The van der Waals surface area contributed by atoms with E-state index in [2.05, 4.69) is 5.32 Å². The van der Waals surface area contributed by atoms with Gasteiger partial charge in [0, 0.05) is 5.69 Å². The van der Waals surface area contributed by atoms with Crippen LogP contribution in [0.1, 0.15) is 27.2 Å². The Labute approximate surface area is 196 Å². The molecule has 4 aromatic rings. The summed E-state index contributed by atoms with van der Waals surface area (Å²) in [5.41, 5.74) is 8.05. The number of hydrogen-bond donors (Lipinski definition) is 2. The van der Waals surface area contributed by atoms with E-state index in [1.807, 2.05) is 72.8 Å². The minimum atomic E-state index is -1.23. The van der Waals surface area contributed by atoms with Gasteiger partial charge in [-0.1, -0.05) is 72.8 Å². The van der Waals surface area contributed by atoms with Gasteiger partial charge in [-0.25, -0.2) is 4.99 Å². The average molecular weight is 450 g/mol. The Morgan fingerprint density at radius 1 is 0.882 bits per heavy atom. The van der Waals surface area contributed by atoms with E-state index < -0.39 is 5.54 Å². The summed E-state index contributed by atoms with van der Waals surface area (Å²) in [5, 5.41) is 2.78. The van der Waals surface area contributed by atoms with Crippen LogP contribution in [0.5, 0.6) is 0 Å². The first-order valence-electron chi connectivity index (χ1n) is 10.8. The molecule has 1 aromatic heterocycles. The molecule has 3 N–H and O–H groups in total. The first-order chi connectivity index (χ1) is 16.6. The summed E-state index contributed by atoms with van der Waals surface area (Å²) in [6.07, 6.45) is 1.45.